The van der Waals surface area contributed by atoms with Crippen molar-refractivity contribution >= 4 is 50.9 Å². The van der Waals surface area contributed by atoms with E-state index in [2.05, 4.69) is 28.2 Å². The molecular weight excluding hydrogens is 539 g/mol. The van der Waals surface area contributed by atoms with Crippen LogP contribution in [0.5, 0.6) is 5.75 Å². The number of nitrogens with zero attached hydrogens (tertiary/aromatic N) is 1. The normalized spacial score (nSPS) is 14.6. The molecule has 0 radical (unpaired) electrons. The van der Waals surface area contributed by atoms with Crippen LogP contribution in [-0.2, 0) is 22.6 Å². The zero-order chi connectivity index (χ0) is 24.7. The largest absolute Gasteiger partial charge is 0.483 e. The zero-order valence-corrected chi connectivity index (χ0v) is 22.7. The predicted molar refractivity (Wildman–Crippen MR) is 141 cm³/mol. The number of hydrogen-bond donors (Lipinski definition) is 1. The molecule has 184 valence electrons. The first kappa shape index (κ1) is 26.8. The van der Waals surface area contributed by atoms with Gasteiger partial charge in [0.15, 0.2) is 6.61 Å². The number of carbonyl (C=O) groups excluding carboxylic acids is 2. The molecule has 0 aromatic heterocycles. The summed E-state index contributed by atoms with van der Waals surface area (Å²) >= 11 is 15.8. The molecule has 1 aliphatic rings. The Bertz CT molecular complexity index is 1010. The van der Waals surface area contributed by atoms with E-state index in [1.807, 2.05) is 31.2 Å². The molecule has 0 unspecified atom stereocenters. The number of amides is 2. The lowest BCUT2D eigenvalue weighted by Gasteiger charge is -2.31. The molecule has 3 rings (SSSR count). The van der Waals surface area contributed by atoms with E-state index in [0.29, 0.717) is 22.2 Å². The minimum Gasteiger partial charge on any atom is -0.483 e. The molecule has 0 heterocycles. The van der Waals surface area contributed by atoms with Crippen LogP contribution in [0.1, 0.15) is 57.1 Å². The first-order valence-electron chi connectivity index (χ1n) is 11.8. The van der Waals surface area contributed by atoms with Gasteiger partial charge in [0.25, 0.3) is 5.91 Å². The van der Waals surface area contributed by atoms with E-state index in [1.54, 1.807) is 17.0 Å². The Morgan fingerprint density at radius 2 is 1.79 bits per heavy atom. The third-order valence-electron chi connectivity index (χ3n) is 6.18. The van der Waals surface area contributed by atoms with Crippen LogP contribution in [0.25, 0.3) is 0 Å². The number of ether oxygens (including phenoxy) is 1. The molecule has 1 aliphatic carbocycles. The first-order valence-corrected chi connectivity index (χ1v) is 13.3. The van der Waals surface area contributed by atoms with Crippen LogP contribution in [0.3, 0.4) is 0 Å². The summed E-state index contributed by atoms with van der Waals surface area (Å²) in [4.78, 5) is 28.2. The minimum atomic E-state index is -0.614. The van der Waals surface area contributed by atoms with Gasteiger partial charge in [-0.05, 0) is 77.0 Å². The smallest absolute Gasteiger partial charge is 0.261 e. The second-order valence-corrected chi connectivity index (χ2v) is 10.3. The Labute approximate surface area is 220 Å². The molecule has 1 saturated carbocycles. The SMILES string of the molecule is CCc1ccc(OCC(=O)N(Cc2ccc(Cl)c(Cl)c2)[C@@H](CC)C(=O)NC2CCCC2)c(Br)c1. The number of halogens is 3. The highest BCUT2D eigenvalue weighted by Crippen LogP contribution is 2.27. The van der Waals surface area contributed by atoms with Gasteiger partial charge in [-0.25, -0.2) is 0 Å². The van der Waals surface area contributed by atoms with Crippen molar-refractivity contribution < 1.29 is 14.3 Å². The summed E-state index contributed by atoms with van der Waals surface area (Å²) in [5.74, 6) is 0.186. The molecule has 1 atom stereocenters. The van der Waals surface area contributed by atoms with E-state index in [1.165, 1.54) is 5.56 Å². The van der Waals surface area contributed by atoms with Gasteiger partial charge in [-0.3, -0.25) is 9.59 Å². The predicted octanol–water partition coefficient (Wildman–Crippen LogP) is 6.56. The topological polar surface area (TPSA) is 58.6 Å². The van der Waals surface area contributed by atoms with Gasteiger partial charge in [-0.15, -0.1) is 0 Å². The highest BCUT2D eigenvalue weighted by Gasteiger charge is 2.31. The van der Waals surface area contributed by atoms with Gasteiger partial charge in [0, 0.05) is 12.6 Å². The molecule has 0 bridgehead atoms. The van der Waals surface area contributed by atoms with Crippen molar-refractivity contribution in [3.05, 3.63) is 62.0 Å². The molecule has 0 aliphatic heterocycles. The van der Waals surface area contributed by atoms with Crippen LogP contribution in [0, 0.1) is 0 Å². The number of hydrogen-bond acceptors (Lipinski definition) is 3. The maximum atomic E-state index is 13.4. The minimum absolute atomic E-state index is 0.128. The molecule has 2 aromatic rings. The lowest BCUT2D eigenvalue weighted by atomic mass is 10.1. The van der Waals surface area contributed by atoms with Crippen LogP contribution >= 0.6 is 39.1 Å². The van der Waals surface area contributed by atoms with Crippen molar-refractivity contribution in [2.45, 2.75) is 71.0 Å². The molecule has 1 fully saturated rings. The van der Waals surface area contributed by atoms with E-state index < -0.39 is 6.04 Å². The third-order valence-corrected chi connectivity index (χ3v) is 7.54. The standard InChI is InChI=1S/C26H31BrCl2N2O3/c1-3-17-10-12-24(20(27)13-17)34-16-25(32)31(15-18-9-11-21(28)22(29)14-18)23(4-2)26(33)30-19-7-5-6-8-19/h9-14,19,23H,3-8,15-16H2,1-2H3,(H,30,33)/t23-/m0/s1. The van der Waals surface area contributed by atoms with Crippen molar-refractivity contribution in [3.63, 3.8) is 0 Å². The molecule has 0 saturated heterocycles. The maximum Gasteiger partial charge on any atom is 0.261 e. The summed E-state index contributed by atoms with van der Waals surface area (Å²) in [6.45, 7) is 4.04. The number of nitrogens with one attached hydrogen (secondary N) is 1. The molecule has 34 heavy (non-hydrogen) atoms. The van der Waals surface area contributed by atoms with Crippen molar-refractivity contribution in [2.75, 3.05) is 6.61 Å². The Morgan fingerprint density at radius 1 is 1.09 bits per heavy atom. The summed E-state index contributed by atoms with van der Waals surface area (Å²) in [5, 5.41) is 3.99. The van der Waals surface area contributed by atoms with E-state index in [4.69, 9.17) is 27.9 Å². The molecule has 0 spiro atoms. The highest BCUT2D eigenvalue weighted by molar-refractivity contribution is 9.10. The molecule has 5 nitrogen and oxygen atoms in total. The Balaban J connectivity index is 1.79. The van der Waals surface area contributed by atoms with Gasteiger partial charge < -0.3 is 15.0 Å². The van der Waals surface area contributed by atoms with Crippen LogP contribution < -0.4 is 10.1 Å². The van der Waals surface area contributed by atoms with E-state index >= 15 is 0 Å². The van der Waals surface area contributed by atoms with Crippen LogP contribution in [0.15, 0.2) is 40.9 Å². The van der Waals surface area contributed by atoms with Crippen LogP contribution in [0.2, 0.25) is 10.0 Å². The quantitative estimate of drug-likeness (QED) is 0.352. The van der Waals surface area contributed by atoms with Gasteiger partial charge in [-0.2, -0.15) is 0 Å². The van der Waals surface area contributed by atoms with Gasteiger partial charge in [-0.1, -0.05) is 62.0 Å². The second kappa shape index (κ2) is 12.8. The summed E-state index contributed by atoms with van der Waals surface area (Å²) in [6, 6.07) is 10.6. The maximum absolute atomic E-state index is 13.4. The number of rotatable bonds is 10. The van der Waals surface area contributed by atoms with E-state index in [0.717, 1.165) is 42.1 Å². The summed E-state index contributed by atoms with van der Waals surface area (Å²) < 4.78 is 6.64. The number of carbonyl (C=O) groups is 2. The monoisotopic (exact) mass is 568 g/mol. The van der Waals surface area contributed by atoms with Gasteiger partial charge in [0.1, 0.15) is 11.8 Å². The fourth-order valence-corrected chi connectivity index (χ4v) is 5.09. The fraction of sp³-hybridized carbons (Fsp3) is 0.462. The number of aryl methyl sites for hydroxylation is 1. The van der Waals surface area contributed by atoms with Crippen LogP contribution in [-0.4, -0.2) is 35.4 Å². The van der Waals surface area contributed by atoms with Crippen molar-refractivity contribution in [2.24, 2.45) is 0 Å². The Hall–Kier alpha value is -1.76. The van der Waals surface area contributed by atoms with Crippen LogP contribution in [0.4, 0.5) is 0 Å². The summed E-state index contributed by atoms with van der Waals surface area (Å²) in [6.07, 6.45) is 5.59. The lowest BCUT2D eigenvalue weighted by Crippen LogP contribution is -2.52. The van der Waals surface area contributed by atoms with E-state index in [9.17, 15) is 9.59 Å². The first-order chi connectivity index (χ1) is 16.3. The van der Waals surface area contributed by atoms with Crippen molar-refractivity contribution in [1.29, 1.82) is 0 Å². The Kier molecular flexibility index (Phi) is 10.1. The lowest BCUT2D eigenvalue weighted by molar-refractivity contribution is -0.143. The molecule has 2 amide bonds. The molecule has 8 heteroatoms. The summed E-state index contributed by atoms with van der Waals surface area (Å²) in [5.41, 5.74) is 1.96. The van der Waals surface area contributed by atoms with Gasteiger partial charge in [0.05, 0.1) is 14.5 Å². The molecule has 2 aromatic carbocycles. The highest BCUT2D eigenvalue weighted by atomic mass is 79.9. The molecular formula is C26H31BrCl2N2O3. The average molecular weight is 570 g/mol. The third kappa shape index (κ3) is 7.12. The number of benzene rings is 2. The van der Waals surface area contributed by atoms with Gasteiger partial charge in [0.2, 0.25) is 5.91 Å². The second-order valence-electron chi connectivity index (χ2n) is 8.59. The summed E-state index contributed by atoms with van der Waals surface area (Å²) in [7, 11) is 0. The average Bonchev–Trinajstić information content (AvgIpc) is 3.33. The van der Waals surface area contributed by atoms with Gasteiger partial charge >= 0.3 is 0 Å². The van der Waals surface area contributed by atoms with Crippen molar-refractivity contribution in [3.8, 4) is 5.75 Å². The molecule has 1 N–H and O–H groups in total. The Morgan fingerprint density at radius 3 is 2.41 bits per heavy atom. The van der Waals surface area contributed by atoms with E-state index in [-0.39, 0.29) is 31.0 Å². The fourth-order valence-electron chi connectivity index (χ4n) is 4.23. The zero-order valence-electron chi connectivity index (χ0n) is 19.6. The van der Waals surface area contributed by atoms with Crippen molar-refractivity contribution in [1.82, 2.24) is 10.2 Å².